The molecule has 0 aromatic carbocycles. The molecule has 3 nitrogen and oxygen atoms in total. The van der Waals surface area contributed by atoms with Gasteiger partial charge < -0.3 is 0 Å². The molecule has 0 N–H and O–H groups in total. The molecule has 1 heterocycles. The molecule has 0 unspecified atom stereocenters. The molecule has 0 bridgehead atoms. The summed E-state index contributed by atoms with van der Waals surface area (Å²) in [6.45, 7) is 11.7. The van der Waals surface area contributed by atoms with Crippen molar-refractivity contribution >= 4 is 23.2 Å². The highest BCUT2D eigenvalue weighted by Crippen LogP contribution is 2.17. The van der Waals surface area contributed by atoms with E-state index in [1.54, 1.807) is 6.20 Å². The summed E-state index contributed by atoms with van der Waals surface area (Å²) in [7, 11) is 0. The van der Waals surface area contributed by atoms with Crippen LogP contribution < -0.4 is 0 Å². The maximum Gasteiger partial charge on any atom is 0.223 e. The number of hydrogen-bond donors (Lipinski definition) is 0. The van der Waals surface area contributed by atoms with Crippen LogP contribution in [0.15, 0.2) is 6.20 Å². The predicted molar refractivity (Wildman–Crippen MR) is 77.0 cm³/mol. The predicted octanol–water partition coefficient (Wildman–Crippen LogP) is 3.90. The van der Waals surface area contributed by atoms with Gasteiger partial charge in [-0.15, -0.1) is 0 Å². The van der Waals surface area contributed by atoms with Gasteiger partial charge in [0.1, 0.15) is 5.15 Å². The van der Waals surface area contributed by atoms with Crippen LogP contribution in [0, 0.1) is 11.8 Å². The average Bonchev–Trinajstić information content (AvgIpc) is 2.20. The van der Waals surface area contributed by atoms with Crippen LogP contribution in [-0.4, -0.2) is 28.0 Å². The Hall–Kier alpha value is -0.380. The van der Waals surface area contributed by atoms with E-state index >= 15 is 0 Å². The summed E-state index contributed by atoms with van der Waals surface area (Å²) in [5.41, 5.74) is 0.933. The van der Waals surface area contributed by atoms with Crippen molar-refractivity contribution in [2.75, 3.05) is 13.1 Å². The maximum atomic E-state index is 6.08. The van der Waals surface area contributed by atoms with E-state index in [-0.39, 0.29) is 5.28 Å². The van der Waals surface area contributed by atoms with E-state index in [4.69, 9.17) is 23.2 Å². The molecule has 0 radical (unpaired) electrons. The van der Waals surface area contributed by atoms with Crippen LogP contribution in [0.5, 0.6) is 0 Å². The van der Waals surface area contributed by atoms with E-state index in [1.807, 2.05) is 0 Å². The lowest BCUT2D eigenvalue weighted by Gasteiger charge is -2.26. The van der Waals surface area contributed by atoms with Crippen molar-refractivity contribution in [1.82, 2.24) is 14.9 Å². The van der Waals surface area contributed by atoms with Gasteiger partial charge in [0.15, 0.2) is 0 Å². The summed E-state index contributed by atoms with van der Waals surface area (Å²) >= 11 is 11.8. The second-order valence-electron chi connectivity index (χ2n) is 5.44. The second kappa shape index (κ2) is 7.27. The minimum absolute atomic E-state index is 0.197. The molecular weight excluding hydrogens is 269 g/mol. The third kappa shape index (κ3) is 5.51. The molecule has 0 fully saturated rings. The lowest BCUT2D eigenvalue weighted by molar-refractivity contribution is 0.211. The zero-order chi connectivity index (χ0) is 13.7. The van der Waals surface area contributed by atoms with Crippen molar-refractivity contribution in [1.29, 1.82) is 0 Å². The molecule has 0 spiro atoms. The first kappa shape index (κ1) is 15.7. The summed E-state index contributed by atoms with van der Waals surface area (Å²) in [5.74, 6) is 1.24. The quantitative estimate of drug-likeness (QED) is 0.588. The van der Waals surface area contributed by atoms with E-state index in [2.05, 4.69) is 42.6 Å². The zero-order valence-electron chi connectivity index (χ0n) is 11.5. The first-order valence-corrected chi connectivity index (χ1v) is 7.03. The van der Waals surface area contributed by atoms with Gasteiger partial charge in [0, 0.05) is 31.4 Å². The van der Waals surface area contributed by atoms with Crippen LogP contribution in [0.4, 0.5) is 0 Å². The fourth-order valence-electron chi connectivity index (χ4n) is 1.95. The van der Waals surface area contributed by atoms with Gasteiger partial charge in [0.2, 0.25) is 5.28 Å². The van der Waals surface area contributed by atoms with Gasteiger partial charge in [0.25, 0.3) is 0 Å². The summed E-state index contributed by atoms with van der Waals surface area (Å²) < 4.78 is 0. The molecule has 0 saturated heterocycles. The maximum absolute atomic E-state index is 6.08. The normalized spacial score (nSPS) is 11.8. The molecule has 0 aliphatic heterocycles. The second-order valence-corrected chi connectivity index (χ2v) is 6.13. The molecule has 0 atom stereocenters. The number of nitrogens with zero attached hydrogens (tertiary/aromatic N) is 3. The highest BCUT2D eigenvalue weighted by molar-refractivity contribution is 6.32. The number of rotatable bonds is 6. The van der Waals surface area contributed by atoms with Gasteiger partial charge in [-0.05, 0) is 23.4 Å². The van der Waals surface area contributed by atoms with Crippen molar-refractivity contribution in [2.24, 2.45) is 11.8 Å². The Morgan fingerprint density at radius 1 is 1.11 bits per heavy atom. The topological polar surface area (TPSA) is 29.0 Å². The Morgan fingerprint density at radius 2 is 1.67 bits per heavy atom. The minimum atomic E-state index is 0.197. The lowest BCUT2D eigenvalue weighted by atomic mass is 10.1. The summed E-state index contributed by atoms with van der Waals surface area (Å²) in [5, 5.41) is 0.649. The van der Waals surface area contributed by atoms with Crippen molar-refractivity contribution in [3.05, 3.63) is 22.2 Å². The van der Waals surface area contributed by atoms with Gasteiger partial charge in [-0.1, -0.05) is 39.3 Å². The van der Waals surface area contributed by atoms with Crippen molar-refractivity contribution < 1.29 is 0 Å². The van der Waals surface area contributed by atoms with E-state index in [1.165, 1.54) is 0 Å². The lowest BCUT2D eigenvalue weighted by Crippen LogP contribution is -2.31. The van der Waals surface area contributed by atoms with Crippen LogP contribution >= 0.6 is 23.2 Å². The molecule has 0 amide bonds. The molecule has 102 valence electrons. The molecule has 0 aliphatic rings. The minimum Gasteiger partial charge on any atom is -0.298 e. The number of aromatic nitrogens is 2. The molecule has 1 aromatic heterocycles. The fourth-order valence-corrected chi connectivity index (χ4v) is 2.31. The van der Waals surface area contributed by atoms with E-state index in [9.17, 15) is 0 Å². The van der Waals surface area contributed by atoms with Gasteiger partial charge in [0.05, 0.1) is 0 Å². The monoisotopic (exact) mass is 289 g/mol. The standard InChI is InChI=1S/C13H21Cl2N3/c1-9(2)6-18(7-10(3)4)8-11-5-16-13(15)17-12(11)14/h5,9-10H,6-8H2,1-4H3. The van der Waals surface area contributed by atoms with Gasteiger partial charge >= 0.3 is 0 Å². The highest BCUT2D eigenvalue weighted by Gasteiger charge is 2.13. The molecule has 0 aliphatic carbocycles. The molecular formula is C13H21Cl2N3. The molecule has 0 saturated carbocycles. The molecule has 18 heavy (non-hydrogen) atoms. The third-order valence-electron chi connectivity index (χ3n) is 2.42. The van der Waals surface area contributed by atoms with Gasteiger partial charge in [-0.25, -0.2) is 9.97 Å². The van der Waals surface area contributed by atoms with Gasteiger partial charge in [-0.2, -0.15) is 0 Å². The third-order valence-corrected chi connectivity index (χ3v) is 2.93. The molecule has 5 heteroatoms. The number of hydrogen-bond acceptors (Lipinski definition) is 3. The summed E-state index contributed by atoms with van der Waals surface area (Å²) in [6, 6.07) is 0. The first-order chi connectivity index (χ1) is 8.38. The Bertz CT molecular complexity index is 370. The Labute approximate surface area is 120 Å². The van der Waals surface area contributed by atoms with Crippen molar-refractivity contribution in [3.8, 4) is 0 Å². The number of halogens is 2. The fraction of sp³-hybridized carbons (Fsp3) is 0.692. The molecule has 1 rings (SSSR count). The van der Waals surface area contributed by atoms with Crippen LogP contribution in [0.3, 0.4) is 0 Å². The highest BCUT2D eigenvalue weighted by atomic mass is 35.5. The zero-order valence-corrected chi connectivity index (χ0v) is 13.0. The smallest absolute Gasteiger partial charge is 0.223 e. The largest absolute Gasteiger partial charge is 0.298 e. The van der Waals surface area contributed by atoms with E-state index in [0.29, 0.717) is 17.0 Å². The average molecular weight is 290 g/mol. The van der Waals surface area contributed by atoms with Crippen LogP contribution in [0.1, 0.15) is 33.3 Å². The van der Waals surface area contributed by atoms with E-state index < -0.39 is 0 Å². The van der Waals surface area contributed by atoms with Crippen molar-refractivity contribution in [2.45, 2.75) is 34.2 Å². The SMILES string of the molecule is CC(C)CN(Cc1cnc(Cl)nc1Cl)CC(C)C. The summed E-state index contributed by atoms with van der Waals surface area (Å²) in [4.78, 5) is 10.4. The molecule has 1 aromatic rings. The first-order valence-electron chi connectivity index (χ1n) is 6.27. The van der Waals surface area contributed by atoms with Crippen molar-refractivity contribution in [3.63, 3.8) is 0 Å². The van der Waals surface area contributed by atoms with Crippen LogP contribution in [-0.2, 0) is 6.54 Å². The van der Waals surface area contributed by atoms with Crippen LogP contribution in [0.25, 0.3) is 0 Å². The Balaban J connectivity index is 2.75. The van der Waals surface area contributed by atoms with E-state index in [0.717, 1.165) is 25.2 Å². The summed E-state index contributed by atoms with van der Waals surface area (Å²) in [6.07, 6.45) is 1.71. The van der Waals surface area contributed by atoms with Gasteiger partial charge in [-0.3, -0.25) is 4.90 Å². The Kier molecular flexibility index (Phi) is 6.33. The van der Waals surface area contributed by atoms with Crippen LogP contribution in [0.2, 0.25) is 10.4 Å². The Morgan fingerprint density at radius 3 is 2.11 bits per heavy atom.